The molecule has 2 aliphatic rings. The third kappa shape index (κ3) is 2.19. The van der Waals surface area contributed by atoms with Crippen molar-refractivity contribution in [3.05, 3.63) is 23.8 Å². The first kappa shape index (κ1) is 11.8. The Bertz CT molecular complexity index is 413. The smallest absolute Gasteiger partial charge is 0.119 e. The average Bonchev–Trinajstić information content (AvgIpc) is 2.47. The summed E-state index contributed by atoms with van der Waals surface area (Å²) < 4.78 is 5.37. The lowest BCUT2D eigenvalue weighted by Crippen LogP contribution is -2.36. The zero-order chi connectivity index (χ0) is 12.4. The molecular formula is C15H22N2O. The van der Waals surface area contributed by atoms with Crippen LogP contribution in [0.25, 0.3) is 0 Å². The lowest BCUT2D eigenvalue weighted by atomic mass is 9.94. The molecule has 0 saturated carbocycles. The minimum Gasteiger partial charge on any atom is -0.497 e. The summed E-state index contributed by atoms with van der Waals surface area (Å²) in [6, 6.07) is 6.99. The highest BCUT2D eigenvalue weighted by Crippen LogP contribution is 2.37. The molecule has 0 aliphatic carbocycles. The molecule has 3 nitrogen and oxygen atoms in total. The van der Waals surface area contributed by atoms with Gasteiger partial charge in [0.05, 0.1) is 7.11 Å². The highest BCUT2D eigenvalue weighted by atomic mass is 16.5. The van der Waals surface area contributed by atoms with Gasteiger partial charge in [0.15, 0.2) is 0 Å². The van der Waals surface area contributed by atoms with Gasteiger partial charge in [-0.25, -0.2) is 0 Å². The van der Waals surface area contributed by atoms with Gasteiger partial charge in [-0.2, -0.15) is 0 Å². The van der Waals surface area contributed by atoms with Crippen LogP contribution in [0.5, 0.6) is 5.75 Å². The van der Waals surface area contributed by atoms with Crippen molar-refractivity contribution < 1.29 is 4.74 Å². The van der Waals surface area contributed by atoms with Crippen LogP contribution < -0.4 is 10.1 Å². The third-order valence-corrected chi connectivity index (χ3v) is 4.18. The molecule has 0 aromatic heterocycles. The Balaban J connectivity index is 1.89. The molecule has 0 spiro atoms. The van der Waals surface area contributed by atoms with E-state index in [0.29, 0.717) is 6.04 Å². The minimum atomic E-state index is 0.580. The lowest BCUT2D eigenvalue weighted by Gasteiger charge is -2.38. The van der Waals surface area contributed by atoms with Crippen LogP contribution in [0.4, 0.5) is 5.69 Å². The standard InChI is InChI=1S/C15H22N2O/c1-18-12-5-6-14-13(11-12)15(7-8-16-14)17-9-3-2-4-10-17/h5-6,11,15-16H,2-4,7-10H2,1H3. The average molecular weight is 246 g/mol. The Morgan fingerprint density at radius 2 is 2.06 bits per heavy atom. The molecule has 1 atom stereocenters. The molecule has 0 bridgehead atoms. The fourth-order valence-electron chi connectivity index (χ4n) is 3.21. The SMILES string of the molecule is COc1ccc2c(c1)C(N1CCCCC1)CCN2. The molecule has 1 aromatic rings. The van der Waals surface area contributed by atoms with Gasteiger partial charge in [0.25, 0.3) is 0 Å². The molecule has 0 radical (unpaired) electrons. The summed E-state index contributed by atoms with van der Waals surface area (Å²) in [5.41, 5.74) is 2.71. The van der Waals surface area contributed by atoms with Gasteiger partial charge in [-0.1, -0.05) is 6.42 Å². The first-order valence-electron chi connectivity index (χ1n) is 7.04. The van der Waals surface area contributed by atoms with Crippen LogP contribution in [0.2, 0.25) is 0 Å². The monoisotopic (exact) mass is 246 g/mol. The second kappa shape index (κ2) is 5.19. The molecular weight excluding hydrogens is 224 g/mol. The normalized spacial score (nSPS) is 24.2. The van der Waals surface area contributed by atoms with Crippen molar-refractivity contribution in [1.29, 1.82) is 0 Å². The highest BCUT2D eigenvalue weighted by molar-refractivity contribution is 5.57. The number of nitrogens with one attached hydrogen (secondary N) is 1. The first-order valence-corrected chi connectivity index (χ1v) is 7.04. The van der Waals surface area contributed by atoms with Crippen LogP contribution in [0.1, 0.15) is 37.3 Å². The van der Waals surface area contributed by atoms with Gasteiger partial charge < -0.3 is 10.1 Å². The summed E-state index contributed by atoms with van der Waals surface area (Å²) in [4.78, 5) is 2.66. The maximum absolute atomic E-state index is 5.37. The number of likely N-dealkylation sites (tertiary alicyclic amines) is 1. The van der Waals surface area contributed by atoms with Crippen LogP contribution in [0.3, 0.4) is 0 Å². The number of anilines is 1. The molecule has 3 rings (SSSR count). The summed E-state index contributed by atoms with van der Waals surface area (Å²) in [7, 11) is 1.74. The van der Waals surface area contributed by atoms with Crippen molar-refractivity contribution in [2.75, 3.05) is 32.1 Å². The number of rotatable bonds is 2. The van der Waals surface area contributed by atoms with Crippen LogP contribution in [0, 0.1) is 0 Å². The minimum absolute atomic E-state index is 0.580. The molecule has 1 aromatic carbocycles. The van der Waals surface area contributed by atoms with E-state index in [0.717, 1.165) is 12.3 Å². The van der Waals surface area contributed by atoms with Gasteiger partial charge in [0.2, 0.25) is 0 Å². The van der Waals surface area contributed by atoms with E-state index in [4.69, 9.17) is 4.74 Å². The van der Waals surface area contributed by atoms with Gasteiger partial charge in [0.1, 0.15) is 5.75 Å². The fourth-order valence-corrected chi connectivity index (χ4v) is 3.21. The van der Waals surface area contributed by atoms with Crippen molar-refractivity contribution in [2.24, 2.45) is 0 Å². The van der Waals surface area contributed by atoms with Gasteiger partial charge in [-0.15, -0.1) is 0 Å². The molecule has 1 N–H and O–H groups in total. The number of fused-ring (bicyclic) bond motifs is 1. The number of methoxy groups -OCH3 is 1. The van der Waals surface area contributed by atoms with Gasteiger partial charge in [-0.05, 0) is 56.1 Å². The predicted octanol–water partition coefficient (Wildman–Crippen LogP) is 3.04. The van der Waals surface area contributed by atoms with Crippen LogP contribution in [-0.2, 0) is 0 Å². The van der Waals surface area contributed by atoms with Crippen molar-refractivity contribution in [3.8, 4) is 5.75 Å². The summed E-state index contributed by atoms with van der Waals surface area (Å²) in [6.07, 6.45) is 5.30. The van der Waals surface area contributed by atoms with E-state index in [2.05, 4.69) is 22.3 Å². The molecule has 18 heavy (non-hydrogen) atoms. The zero-order valence-corrected chi connectivity index (χ0v) is 11.1. The molecule has 2 aliphatic heterocycles. The maximum Gasteiger partial charge on any atom is 0.119 e. The largest absolute Gasteiger partial charge is 0.497 e. The highest BCUT2D eigenvalue weighted by Gasteiger charge is 2.27. The molecule has 98 valence electrons. The molecule has 1 fully saturated rings. The number of hydrogen-bond donors (Lipinski definition) is 1. The number of piperidine rings is 1. The van der Waals surface area contributed by atoms with E-state index in [9.17, 15) is 0 Å². The molecule has 1 unspecified atom stereocenters. The Labute approximate surface area is 109 Å². The Hall–Kier alpha value is -1.22. The number of ether oxygens (including phenoxy) is 1. The summed E-state index contributed by atoms with van der Waals surface area (Å²) in [6.45, 7) is 3.59. The van der Waals surface area contributed by atoms with Crippen molar-refractivity contribution >= 4 is 5.69 Å². The second-order valence-electron chi connectivity index (χ2n) is 5.28. The van der Waals surface area contributed by atoms with Gasteiger partial charge in [-0.3, -0.25) is 4.90 Å². The van der Waals surface area contributed by atoms with Crippen LogP contribution in [0.15, 0.2) is 18.2 Å². The van der Waals surface area contributed by atoms with Crippen molar-refractivity contribution in [2.45, 2.75) is 31.7 Å². The quantitative estimate of drug-likeness (QED) is 0.868. The van der Waals surface area contributed by atoms with Crippen LogP contribution in [-0.4, -0.2) is 31.6 Å². The number of benzene rings is 1. The van der Waals surface area contributed by atoms with Crippen molar-refractivity contribution in [1.82, 2.24) is 4.90 Å². The number of hydrogen-bond acceptors (Lipinski definition) is 3. The summed E-state index contributed by atoms with van der Waals surface area (Å²) in [5.74, 6) is 0.972. The first-order chi connectivity index (χ1) is 8.88. The Morgan fingerprint density at radius 1 is 1.22 bits per heavy atom. The van der Waals surface area contributed by atoms with E-state index in [1.165, 1.54) is 50.0 Å². The van der Waals surface area contributed by atoms with Gasteiger partial charge in [0, 0.05) is 18.3 Å². The number of nitrogens with zero attached hydrogens (tertiary/aromatic N) is 1. The maximum atomic E-state index is 5.37. The van der Waals surface area contributed by atoms with E-state index < -0.39 is 0 Å². The van der Waals surface area contributed by atoms with E-state index in [1.807, 2.05) is 6.07 Å². The van der Waals surface area contributed by atoms with Crippen LogP contribution >= 0.6 is 0 Å². The fraction of sp³-hybridized carbons (Fsp3) is 0.600. The molecule has 1 saturated heterocycles. The predicted molar refractivity (Wildman–Crippen MR) is 74.3 cm³/mol. The Kier molecular flexibility index (Phi) is 3.41. The van der Waals surface area contributed by atoms with Gasteiger partial charge >= 0.3 is 0 Å². The Morgan fingerprint density at radius 3 is 2.83 bits per heavy atom. The third-order valence-electron chi connectivity index (χ3n) is 4.18. The van der Waals surface area contributed by atoms with E-state index in [1.54, 1.807) is 7.11 Å². The summed E-state index contributed by atoms with van der Waals surface area (Å²) in [5, 5.41) is 3.50. The van der Waals surface area contributed by atoms with Crippen molar-refractivity contribution in [3.63, 3.8) is 0 Å². The molecule has 3 heteroatoms. The van der Waals surface area contributed by atoms with E-state index >= 15 is 0 Å². The summed E-state index contributed by atoms with van der Waals surface area (Å²) >= 11 is 0. The lowest BCUT2D eigenvalue weighted by molar-refractivity contribution is 0.156. The molecule has 0 amide bonds. The second-order valence-corrected chi connectivity index (χ2v) is 5.28. The molecule has 2 heterocycles. The van der Waals surface area contributed by atoms with E-state index in [-0.39, 0.29) is 0 Å². The zero-order valence-electron chi connectivity index (χ0n) is 11.1. The topological polar surface area (TPSA) is 24.5 Å².